The fourth-order valence-corrected chi connectivity index (χ4v) is 3.25. The molecule has 0 radical (unpaired) electrons. The Morgan fingerprint density at radius 1 is 1.11 bits per heavy atom. The minimum absolute atomic E-state index is 0.0507. The third kappa shape index (κ3) is 4.01. The van der Waals surface area contributed by atoms with Crippen LogP contribution in [0, 0.1) is 10.1 Å². The number of rotatable bonds is 8. The lowest BCUT2D eigenvalue weighted by atomic mass is 10.2. The topological polar surface area (TPSA) is 97.5 Å². The molecule has 0 saturated heterocycles. The number of nitrogens with zero attached hydrogens (tertiary/aromatic N) is 4. The van der Waals surface area contributed by atoms with E-state index in [2.05, 4.69) is 24.1 Å². The number of nitrogens with one attached hydrogen (secondary N) is 1. The zero-order valence-corrected chi connectivity index (χ0v) is 16.0. The van der Waals surface area contributed by atoms with Crippen LogP contribution in [-0.4, -0.2) is 34.2 Å². The van der Waals surface area contributed by atoms with E-state index in [0.29, 0.717) is 17.9 Å². The minimum Gasteiger partial charge on any atom is -0.493 e. The van der Waals surface area contributed by atoms with Crippen molar-refractivity contribution in [1.29, 1.82) is 0 Å². The summed E-state index contributed by atoms with van der Waals surface area (Å²) in [5.41, 5.74) is 1.57. The second kappa shape index (κ2) is 8.62. The lowest BCUT2D eigenvalue weighted by Gasteiger charge is -2.16. The molecule has 3 aromatic rings. The number of hydrogen-bond acceptors (Lipinski definition) is 5. The number of nitro groups is 1. The van der Waals surface area contributed by atoms with E-state index in [9.17, 15) is 15.2 Å². The molecule has 1 aromatic heterocycles. The van der Waals surface area contributed by atoms with Gasteiger partial charge in [-0.2, -0.15) is 5.11 Å². The van der Waals surface area contributed by atoms with Crippen LogP contribution in [0.2, 0.25) is 0 Å². The maximum atomic E-state index is 10.9. The van der Waals surface area contributed by atoms with Gasteiger partial charge in [0.25, 0.3) is 5.69 Å². The van der Waals surface area contributed by atoms with E-state index in [1.807, 2.05) is 28.8 Å². The average Bonchev–Trinajstić information content (AvgIpc) is 2.98. The number of likely N-dealkylation sites (N-methyl/N-ethyl adjacent to an activating group) is 1. The Morgan fingerprint density at radius 3 is 2.57 bits per heavy atom. The number of aromatic hydroxyl groups is 1. The fraction of sp³-hybridized carbons (Fsp3) is 0.300. The SMILES string of the molecule is CC[NH+](CC)CCn1c(O)c(N=Nc2cccc([N+](=O)[O-])c2)c2ccccc21. The number of nitro benzene ring substituents is 1. The van der Waals surface area contributed by atoms with Crippen molar-refractivity contribution in [2.75, 3.05) is 19.6 Å². The first kappa shape index (κ1) is 19.5. The van der Waals surface area contributed by atoms with Crippen molar-refractivity contribution in [2.45, 2.75) is 20.4 Å². The van der Waals surface area contributed by atoms with Crippen molar-refractivity contribution in [3.05, 3.63) is 58.6 Å². The smallest absolute Gasteiger partial charge is 0.271 e. The lowest BCUT2D eigenvalue weighted by molar-refractivity contribution is -0.897. The molecule has 0 aliphatic heterocycles. The summed E-state index contributed by atoms with van der Waals surface area (Å²) in [6.45, 7) is 7.89. The molecule has 0 aliphatic rings. The Labute approximate surface area is 162 Å². The molecule has 0 fully saturated rings. The van der Waals surface area contributed by atoms with Gasteiger partial charge >= 0.3 is 0 Å². The van der Waals surface area contributed by atoms with Crippen molar-refractivity contribution in [3.8, 4) is 5.88 Å². The molecular formula is C20H24N5O3+. The minimum atomic E-state index is -0.474. The predicted molar refractivity (Wildman–Crippen MR) is 108 cm³/mol. The van der Waals surface area contributed by atoms with Crippen molar-refractivity contribution in [1.82, 2.24) is 4.57 Å². The van der Waals surface area contributed by atoms with Crippen molar-refractivity contribution in [2.24, 2.45) is 10.2 Å². The number of benzene rings is 2. The Bertz CT molecular complexity index is 1010. The maximum Gasteiger partial charge on any atom is 0.271 e. The van der Waals surface area contributed by atoms with E-state index in [0.717, 1.165) is 30.5 Å². The number of azo groups is 1. The van der Waals surface area contributed by atoms with E-state index in [4.69, 9.17) is 0 Å². The highest BCUT2D eigenvalue weighted by Gasteiger charge is 2.17. The molecule has 8 nitrogen and oxygen atoms in total. The number of quaternary nitrogens is 1. The molecule has 0 unspecified atom stereocenters. The van der Waals surface area contributed by atoms with Crippen LogP contribution in [0.3, 0.4) is 0 Å². The van der Waals surface area contributed by atoms with Gasteiger partial charge in [-0.25, -0.2) is 0 Å². The first-order valence-corrected chi connectivity index (χ1v) is 9.35. The monoisotopic (exact) mass is 382 g/mol. The number of hydrogen-bond donors (Lipinski definition) is 2. The summed E-state index contributed by atoms with van der Waals surface area (Å²) >= 11 is 0. The molecule has 0 atom stereocenters. The Balaban J connectivity index is 1.96. The third-order valence-electron chi connectivity index (χ3n) is 4.91. The molecule has 146 valence electrons. The second-order valence-electron chi connectivity index (χ2n) is 6.53. The summed E-state index contributed by atoms with van der Waals surface area (Å²) in [6.07, 6.45) is 0. The quantitative estimate of drug-likeness (QED) is 0.354. The van der Waals surface area contributed by atoms with E-state index in [1.165, 1.54) is 17.0 Å². The van der Waals surface area contributed by atoms with Gasteiger partial charge in [-0.3, -0.25) is 10.1 Å². The number of aromatic nitrogens is 1. The molecule has 2 N–H and O–H groups in total. The van der Waals surface area contributed by atoms with Crippen LogP contribution in [0.4, 0.5) is 17.1 Å². The summed E-state index contributed by atoms with van der Waals surface area (Å²) in [5.74, 6) is 0.0573. The van der Waals surface area contributed by atoms with Gasteiger partial charge in [0.2, 0.25) is 5.88 Å². The van der Waals surface area contributed by atoms with Gasteiger partial charge in [-0.05, 0) is 26.0 Å². The summed E-state index contributed by atoms with van der Waals surface area (Å²) in [7, 11) is 0. The van der Waals surface area contributed by atoms with E-state index in [1.54, 1.807) is 12.1 Å². The molecule has 0 spiro atoms. The van der Waals surface area contributed by atoms with Gasteiger partial charge in [-0.15, -0.1) is 5.11 Å². The Hall–Kier alpha value is -3.26. The van der Waals surface area contributed by atoms with Crippen LogP contribution in [0.25, 0.3) is 10.9 Å². The molecule has 8 heteroatoms. The predicted octanol–water partition coefficient (Wildman–Crippen LogP) is 3.60. The Kier molecular flexibility index (Phi) is 6.00. The largest absolute Gasteiger partial charge is 0.493 e. The van der Waals surface area contributed by atoms with Gasteiger partial charge < -0.3 is 14.6 Å². The first-order chi connectivity index (χ1) is 13.5. The second-order valence-corrected chi connectivity index (χ2v) is 6.53. The highest BCUT2D eigenvalue weighted by atomic mass is 16.6. The summed E-state index contributed by atoms with van der Waals surface area (Å²) in [4.78, 5) is 11.9. The van der Waals surface area contributed by atoms with Gasteiger partial charge in [0.05, 0.1) is 42.3 Å². The third-order valence-corrected chi connectivity index (χ3v) is 4.91. The van der Waals surface area contributed by atoms with Crippen LogP contribution < -0.4 is 4.90 Å². The molecule has 0 saturated carbocycles. The molecule has 1 heterocycles. The molecular weight excluding hydrogens is 358 g/mol. The highest BCUT2D eigenvalue weighted by molar-refractivity contribution is 5.95. The number of non-ortho nitro benzene ring substituents is 1. The molecule has 0 bridgehead atoms. The lowest BCUT2D eigenvalue weighted by Crippen LogP contribution is -3.11. The van der Waals surface area contributed by atoms with Gasteiger partial charge in [-0.1, -0.05) is 24.3 Å². The van der Waals surface area contributed by atoms with Crippen LogP contribution in [0.5, 0.6) is 5.88 Å². The average molecular weight is 382 g/mol. The normalized spacial score (nSPS) is 11.7. The Morgan fingerprint density at radius 2 is 1.86 bits per heavy atom. The van der Waals surface area contributed by atoms with E-state index < -0.39 is 4.92 Å². The van der Waals surface area contributed by atoms with E-state index >= 15 is 0 Å². The van der Waals surface area contributed by atoms with Crippen LogP contribution >= 0.6 is 0 Å². The molecule has 2 aromatic carbocycles. The van der Waals surface area contributed by atoms with Gasteiger partial charge in [0.1, 0.15) is 0 Å². The molecule has 3 rings (SSSR count). The summed E-state index contributed by atoms with van der Waals surface area (Å²) < 4.78 is 1.85. The van der Waals surface area contributed by atoms with Crippen LogP contribution in [-0.2, 0) is 6.54 Å². The zero-order chi connectivity index (χ0) is 20.1. The van der Waals surface area contributed by atoms with Crippen molar-refractivity contribution < 1.29 is 14.9 Å². The molecule has 0 amide bonds. The first-order valence-electron chi connectivity index (χ1n) is 9.35. The highest BCUT2D eigenvalue weighted by Crippen LogP contribution is 2.39. The van der Waals surface area contributed by atoms with Crippen LogP contribution in [0.1, 0.15) is 13.8 Å². The van der Waals surface area contributed by atoms with Crippen molar-refractivity contribution in [3.63, 3.8) is 0 Å². The standard InChI is InChI=1S/C20H23N5O3/c1-3-23(4-2)12-13-24-18-11-6-5-10-17(18)19(20(24)26)22-21-15-8-7-9-16(14-15)25(27)28/h5-11,14,26H,3-4,12-13H2,1-2H3/p+1. The number of fused-ring (bicyclic) bond motifs is 1. The maximum absolute atomic E-state index is 10.9. The fourth-order valence-electron chi connectivity index (χ4n) is 3.25. The summed E-state index contributed by atoms with van der Waals surface area (Å²) in [5, 5.41) is 30.8. The van der Waals surface area contributed by atoms with E-state index in [-0.39, 0.29) is 11.6 Å². The van der Waals surface area contributed by atoms with Gasteiger partial charge in [0, 0.05) is 17.5 Å². The number of para-hydroxylation sites is 1. The molecule has 0 aliphatic carbocycles. The van der Waals surface area contributed by atoms with Crippen LogP contribution in [0.15, 0.2) is 58.8 Å². The van der Waals surface area contributed by atoms with Crippen molar-refractivity contribution >= 4 is 28.0 Å². The summed E-state index contributed by atoms with van der Waals surface area (Å²) in [6, 6.07) is 13.6. The molecule has 28 heavy (non-hydrogen) atoms. The zero-order valence-electron chi connectivity index (χ0n) is 16.0. The van der Waals surface area contributed by atoms with Gasteiger partial charge in [0.15, 0.2) is 5.69 Å².